The van der Waals surface area contributed by atoms with Crippen molar-refractivity contribution in [1.82, 2.24) is 5.32 Å². The standard InChI is InChI=1S/C18H22N2O4S2/c1-2-24-15-5-7-16(8-6-15)25-13-18(21)20-12-11-14-3-9-17(10-4-14)26(19,22)23/h3-10H,2,11-13H2,1H3,(H,20,21)(H2,19,22,23). The van der Waals surface area contributed by atoms with Crippen LogP contribution in [0.5, 0.6) is 5.75 Å². The summed E-state index contributed by atoms with van der Waals surface area (Å²) in [7, 11) is -3.67. The van der Waals surface area contributed by atoms with Crippen LogP contribution in [0.25, 0.3) is 0 Å². The summed E-state index contributed by atoms with van der Waals surface area (Å²) in [4.78, 5) is 13.0. The SMILES string of the molecule is CCOc1ccc(SCC(=O)NCCc2ccc(S(N)(=O)=O)cc2)cc1. The number of ether oxygens (including phenoxy) is 1. The molecule has 0 saturated heterocycles. The van der Waals surface area contributed by atoms with E-state index in [2.05, 4.69) is 5.32 Å². The first-order valence-electron chi connectivity index (χ1n) is 8.12. The molecule has 3 N–H and O–H groups in total. The summed E-state index contributed by atoms with van der Waals surface area (Å²) >= 11 is 1.46. The topological polar surface area (TPSA) is 98.5 Å². The number of rotatable bonds is 9. The Morgan fingerprint density at radius 2 is 1.77 bits per heavy atom. The van der Waals surface area contributed by atoms with E-state index < -0.39 is 10.0 Å². The fourth-order valence-electron chi connectivity index (χ4n) is 2.19. The van der Waals surface area contributed by atoms with Crippen molar-refractivity contribution in [2.24, 2.45) is 5.14 Å². The molecular weight excluding hydrogens is 372 g/mol. The maximum atomic E-state index is 11.9. The predicted molar refractivity (Wildman–Crippen MR) is 103 cm³/mol. The number of benzene rings is 2. The number of hydrogen-bond acceptors (Lipinski definition) is 5. The van der Waals surface area contributed by atoms with Crippen molar-refractivity contribution < 1.29 is 17.9 Å². The molecule has 0 unspecified atom stereocenters. The number of hydrogen-bond donors (Lipinski definition) is 2. The fraction of sp³-hybridized carbons (Fsp3) is 0.278. The Balaban J connectivity index is 1.71. The summed E-state index contributed by atoms with van der Waals surface area (Å²) < 4.78 is 27.8. The van der Waals surface area contributed by atoms with Crippen LogP contribution >= 0.6 is 11.8 Å². The Hall–Kier alpha value is -2.03. The third-order valence-electron chi connectivity index (χ3n) is 3.49. The van der Waals surface area contributed by atoms with Crippen LogP contribution in [-0.4, -0.2) is 33.2 Å². The third-order valence-corrected chi connectivity index (χ3v) is 5.43. The second-order valence-corrected chi connectivity index (χ2v) is 8.09. The van der Waals surface area contributed by atoms with Gasteiger partial charge < -0.3 is 10.1 Å². The van der Waals surface area contributed by atoms with Gasteiger partial charge in [-0.25, -0.2) is 13.6 Å². The molecule has 2 rings (SSSR count). The van der Waals surface area contributed by atoms with Gasteiger partial charge in [0.25, 0.3) is 0 Å². The van der Waals surface area contributed by atoms with Gasteiger partial charge in [0.15, 0.2) is 0 Å². The van der Waals surface area contributed by atoms with Gasteiger partial charge >= 0.3 is 0 Å². The Kier molecular flexibility index (Phi) is 7.50. The highest BCUT2D eigenvalue weighted by molar-refractivity contribution is 8.00. The number of nitrogens with two attached hydrogens (primary N) is 1. The average molecular weight is 395 g/mol. The largest absolute Gasteiger partial charge is 0.494 e. The van der Waals surface area contributed by atoms with Crippen LogP contribution < -0.4 is 15.2 Å². The van der Waals surface area contributed by atoms with Crippen molar-refractivity contribution in [3.8, 4) is 5.75 Å². The number of primary sulfonamides is 1. The molecule has 0 heterocycles. The number of sulfonamides is 1. The van der Waals surface area contributed by atoms with Crippen molar-refractivity contribution in [3.63, 3.8) is 0 Å². The number of amides is 1. The van der Waals surface area contributed by atoms with E-state index in [4.69, 9.17) is 9.88 Å². The van der Waals surface area contributed by atoms with Crippen molar-refractivity contribution >= 4 is 27.7 Å². The predicted octanol–water partition coefficient (Wildman–Crippen LogP) is 2.18. The molecule has 0 fully saturated rings. The molecule has 0 radical (unpaired) electrons. The van der Waals surface area contributed by atoms with Crippen LogP contribution in [0.15, 0.2) is 58.3 Å². The fourth-order valence-corrected chi connectivity index (χ4v) is 3.43. The molecule has 140 valence electrons. The van der Waals surface area contributed by atoms with Gasteiger partial charge in [-0.2, -0.15) is 0 Å². The van der Waals surface area contributed by atoms with Crippen LogP contribution in [-0.2, 0) is 21.2 Å². The van der Waals surface area contributed by atoms with E-state index in [0.29, 0.717) is 25.3 Å². The molecule has 0 aromatic heterocycles. The molecule has 8 heteroatoms. The van der Waals surface area contributed by atoms with E-state index in [0.717, 1.165) is 16.2 Å². The first kappa shape index (κ1) is 20.3. The van der Waals surface area contributed by atoms with Crippen LogP contribution in [0.2, 0.25) is 0 Å². The lowest BCUT2D eigenvalue weighted by atomic mass is 10.1. The van der Waals surface area contributed by atoms with Gasteiger partial charge in [-0.05, 0) is 55.3 Å². The highest BCUT2D eigenvalue weighted by atomic mass is 32.2. The minimum absolute atomic E-state index is 0.0509. The molecule has 0 spiro atoms. The molecule has 0 saturated carbocycles. The zero-order valence-electron chi connectivity index (χ0n) is 14.5. The molecule has 0 aliphatic carbocycles. The Bertz CT molecular complexity index is 819. The lowest BCUT2D eigenvalue weighted by Crippen LogP contribution is -2.27. The van der Waals surface area contributed by atoms with Crippen molar-refractivity contribution in [2.75, 3.05) is 18.9 Å². The molecule has 0 bridgehead atoms. The van der Waals surface area contributed by atoms with Crippen molar-refractivity contribution in [3.05, 3.63) is 54.1 Å². The first-order valence-corrected chi connectivity index (χ1v) is 10.7. The minimum Gasteiger partial charge on any atom is -0.494 e. The Morgan fingerprint density at radius 1 is 1.12 bits per heavy atom. The zero-order chi connectivity index (χ0) is 19.0. The zero-order valence-corrected chi connectivity index (χ0v) is 16.1. The van der Waals surface area contributed by atoms with E-state index in [9.17, 15) is 13.2 Å². The molecule has 2 aromatic rings. The van der Waals surface area contributed by atoms with Crippen LogP contribution in [0.3, 0.4) is 0 Å². The summed E-state index contributed by atoms with van der Waals surface area (Å²) in [5.74, 6) is 1.10. The monoisotopic (exact) mass is 394 g/mol. The maximum absolute atomic E-state index is 11.9. The number of carbonyl (C=O) groups is 1. The summed E-state index contributed by atoms with van der Waals surface area (Å²) in [6.07, 6.45) is 0.615. The average Bonchev–Trinajstić information content (AvgIpc) is 2.61. The second kappa shape index (κ2) is 9.61. The van der Waals surface area contributed by atoms with E-state index in [1.165, 1.54) is 23.9 Å². The minimum atomic E-state index is -3.67. The number of carbonyl (C=O) groups excluding carboxylic acids is 1. The molecule has 2 aromatic carbocycles. The second-order valence-electron chi connectivity index (χ2n) is 5.48. The summed E-state index contributed by atoms with van der Waals surface area (Å²) in [6.45, 7) is 3.04. The van der Waals surface area contributed by atoms with E-state index >= 15 is 0 Å². The lowest BCUT2D eigenvalue weighted by Gasteiger charge is -2.07. The molecule has 26 heavy (non-hydrogen) atoms. The number of thioether (sulfide) groups is 1. The maximum Gasteiger partial charge on any atom is 0.238 e. The van der Waals surface area contributed by atoms with Gasteiger partial charge in [-0.15, -0.1) is 11.8 Å². The highest BCUT2D eigenvalue weighted by Gasteiger charge is 2.07. The van der Waals surface area contributed by atoms with Crippen molar-refractivity contribution in [1.29, 1.82) is 0 Å². The quantitative estimate of drug-likeness (QED) is 0.635. The first-order chi connectivity index (χ1) is 12.4. The summed E-state index contributed by atoms with van der Waals surface area (Å²) in [5, 5.41) is 7.91. The normalized spacial score (nSPS) is 11.2. The van der Waals surface area contributed by atoms with Gasteiger partial charge in [-0.3, -0.25) is 4.79 Å². The Labute approximate surface area is 158 Å². The smallest absolute Gasteiger partial charge is 0.238 e. The van der Waals surface area contributed by atoms with Gasteiger partial charge in [0, 0.05) is 11.4 Å². The third kappa shape index (κ3) is 6.70. The highest BCUT2D eigenvalue weighted by Crippen LogP contribution is 2.21. The Morgan fingerprint density at radius 3 is 2.35 bits per heavy atom. The van der Waals surface area contributed by atoms with Crippen LogP contribution in [0.1, 0.15) is 12.5 Å². The molecule has 0 atom stereocenters. The molecule has 0 aliphatic heterocycles. The van der Waals surface area contributed by atoms with E-state index in [1.54, 1.807) is 12.1 Å². The summed E-state index contributed by atoms with van der Waals surface area (Å²) in [5.41, 5.74) is 0.928. The molecule has 0 aliphatic rings. The summed E-state index contributed by atoms with van der Waals surface area (Å²) in [6, 6.07) is 13.9. The van der Waals surface area contributed by atoms with Gasteiger partial charge in [0.05, 0.1) is 17.3 Å². The van der Waals surface area contributed by atoms with Gasteiger partial charge in [0.2, 0.25) is 15.9 Å². The van der Waals surface area contributed by atoms with Gasteiger partial charge in [-0.1, -0.05) is 12.1 Å². The molecular formula is C18H22N2O4S2. The lowest BCUT2D eigenvalue weighted by molar-refractivity contribution is -0.118. The van der Waals surface area contributed by atoms with E-state index in [-0.39, 0.29) is 10.8 Å². The van der Waals surface area contributed by atoms with Crippen LogP contribution in [0, 0.1) is 0 Å². The van der Waals surface area contributed by atoms with Gasteiger partial charge in [0.1, 0.15) is 5.75 Å². The van der Waals surface area contributed by atoms with E-state index in [1.807, 2.05) is 31.2 Å². The molecule has 1 amide bonds. The van der Waals surface area contributed by atoms with Crippen molar-refractivity contribution in [2.45, 2.75) is 23.1 Å². The van der Waals surface area contributed by atoms with Crippen LogP contribution in [0.4, 0.5) is 0 Å². The molecule has 6 nitrogen and oxygen atoms in total. The number of nitrogens with one attached hydrogen (secondary N) is 1.